The molecule has 0 saturated heterocycles. The first-order valence-electron chi connectivity index (χ1n) is 9.85. The van der Waals surface area contributed by atoms with Gasteiger partial charge in [0, 0.05) is 10.9 Å². The Hall–Kier alpha value is -3.82. The molecule has 0 unspecified atom stereocenters. The summed E-state index contributed by atoms with van der Waals surface area (Å²) in [5.74, 6) is -0.382. The number of carbonyl (C=O) groups is 1. The first kappa shape index (κ1) is 21.0. The molecular formula is C24H18N2O5S2. The third-order valence-corrected chi connectivity index (χ3v) is 6.96. The van der Waals surface area contributed by atoms with Crippen LogP contribution in [0.15, 0.2) is 59.3 Å². The SMILES string of the molecule is COc1ccc2nc(-n3c(O)c(O)c(C(=O)c4ccccc4OC)c3-c3ccsc3)sc2c1. The van der Waals surface area contributed by atoms with Gasteiger partial charge < -0.3 is 19.7 Å². The van der Waals surface area contributed by atoms with Crippen LogP contribution in [0.3, 0.4) is 0 Å². The molecule has 0 bridgehead atoms. The Kier molecular flexibility index (Phi) is 5.27. The zero-order valence-electron chi connectivity index (χ0n) is 17.6. The number of benzene rings is 2. The van der Waals surface area contributed by atoms with Gasteiger partial charge in [-0.3, -0.25) is 9.36 Å². The van der Waals surface area contributed by atoms with Gasteiger partial charge in [-0.25, -0.2) is 4.98 Å². The summed E-state index contributed by atoms with van der Waals surface area (Å²) in [5.41, 5.74) is 1.99. The number of rotatable bonds is 6. The van der Waals surface area contributed by atoms with Gasteiger partial charge in [-0.2, -0.15) is 11.3 Å². The number of hydrogen-bond donors (Lipinski definition) is 2. The third kappa shape index (κ3) is 3.42. The summed E-state index contributed by atoms with van der Waals surface area (Å²) in [4.78, 5) is 18.3. The molecule has 0 atom stereocenters. The molecule has 0 amide bonds. The normalized spacial score (nSPS) is 11.1. The number of nitrogens with zero attached hydrogens (tertiary/aromatic N) is 2. The first-order chi connectivity index (χ1) is 16.0. The fraction of sp³-hybridized carbons (Fsp3) is 0.0833. The van der Waals surface area contributed by atoms with E-state index in [9.17, 15) is 15.0 Å². The topological polar surface area (TPSA) is 93.8 Å². The maximum atomic E-state index is 13.6. The van der Waals surface area contributed by atoms with Gasteiger partial charge in [0.25, 0.3) is 0 Å². The van der Waals surface area contributed by atoms with Gasteiger partial charge in [0.05, 0.1) is 41.3 Å². The number of thiophene rings is 1. The second-order valence-electron chi connectivity index (χ2n) is 7.10. The molecule has 2 N–H and O–H groups in total. The number of carbonyl (C=O) groups excluding carboxylic acids is 1. The van der Waals surface area contributed by atoms with Crippen LogP contribution >= 0.6 is 22.7 Å². The maximum Gasteiger partial charge on any atom is 0.242 e. The van der Waals surface area contributed by atoms with Crippen molar-refractivity contribution in [1.29, 1.82) is 0 Å². The van der Waals surface area contributed by atoms with Crippen LogP contribution in [0.5, 0.6) is 23.1 Å². The smallest absolute Gasteiger partial charge is 0.242 e. The Labute approximate surface area is 196 Å². The van der Waals surface area contributed by atoms with E-state index in [4.69, 9.17) is 9.47 Å². The van der Waals surface area contributed by atoms with Gasteiger partial charge in [-0.15, -0.1) is 0 Å². The number of methoxy groups -OCH3 is 2. The molecule has 3 aromatic heterocycles. The van der Waals surface area contributed by atoms with E-state index in [1.165, 1.54) is 34.4 Å². The second-order valence-corrected chi connectivity index (χ2v) is 8.89. The summed E-state index contributed by atoms with van der Waals surface area (Å²) in [6, 6.07) is 14.1. The van der Waals surface area contributed by atoms with Crippen LogP contribution in [-0.4, -0.2) is 39.8 Å². The lowest BCUT2D eigenvalue weighted by atomic mass is 9.99. The Balaban J connectivity index is 1.78. The fourth-order valence-corrected chi connectivity index (χ4v) is 5.35. The lowest BCUT2D eigenvalue weighted by Gasteiger charge is -2.09. The van der Waals surface area contributed by atoms with Crippen molar-refractivity contribution < 1.29 is 24.5 Å². The summed E-state index contributed by atoms with van der Waals surface area (Å²) in [6.07, 6.45) is 0. The Bertz CT molecular complexity index is 1480. The van der Waals surface area contributed by atoms with Gasteiger partial charge >= 0.3 is 0 Å². The summed E-state index contributed by atoms with van der Waals surface area (Å²) in [7, 11) is 3.06. The monoisotopic (exact) mass is 478 g/mol. The molecule has 5 aromatic rings. The van der Waals surface area contributed by atoms with Crippen LogP contribution in [-0.2, 0) is 0 Å². The van der Waals surface area contributed by atoms with E-state index in [0.29, 0.717) is 33.4 Å². The number of aromatic nitrogens is 2. The van der Waals surface area contributed by atoms with Gasteiger partial charge in [0.1, 0.15) is 11.5 Å². The minimum atomic E-state index is -0.510. The maximum absolute atomic E-state index is 13.6. The molecule has 2 aromatic carbocycles. The average molecular weight is 479 g/mol. The van der Waals surface area contributed by atoms with Crippen LogP contribution in [0.4, 0.5) is 0 Å². The number of thiazole rings is 1. The van der Waals surface area contributed by atoms with E-state index < -0.39 is 17.4 Å². The standard InChI is InChI=1S/C24H18N2O5S2/c1-30-14-7-8-16-18(11-14)33-24(25-16)26-20(13-9-10-32-12-13)19(22(28)23(26)29)21(27)15-5-3-4-6-17(15)31-2/h3-12,28-29H,1-2H3. The van der Waals surface area contributed by atoms with Crippen molar-refractivity contribution >= 4 is 38.7 Å². The molecule has 0 aliphatic carbocycles. The number of fused-ring (bicyclic) bond motifs is 1. The highest BCUT2D eigenvalue weighted by molar-refractivity contribution is 7.20. The first-order valence-corrected chi connectivity index (χ1v) is 11.6. The highest BCUT2D eigenvalue weighted by atomic mass is 32.1. The molecule has 0 spiro atoms. The molecule has 0 aliphatic heterocycles. The van der Waals surface area contributed by atoms with Crippen molar-refractivity contribution in [3.8, 4) is 39.5 Å². The molecule has 3 heterocycles. The van der Waals surface area contributed by atoms with Gasteiger partial charge in [-0.05, 0) is 41.8 Å². The third-order valence-electron chi connectivity index (χ3n) is 5.27. The number of ether oxygens (including phenoxy) is 2. The van der Waals surface area contributed by atoms with Crippen molar-refractivity contribution in [3.05, 3.63) is 70.4 Å². The highest BCUT2D eigenvalue weighted by Gasteiger charge is 2.32. The number of aromatic hydroxyl groups is 2. The fourth-order valence-electron chi connectivity index (χ4n) is 3.70. The van der Waals surface area contributed by atoms with E-state index >= 15 is 0 Å². The number of para-hydroxylation sites is 1. The summed E-state index contributed by atoms with van der Waals surface area (Å²) in [6.45, 7) is 0. The van der Waals surface area contributed by atoms with Crippen LogP contribution in [0, 0.1) is 0 Å². The van der Waals surface area contributed by atoms with Crippen molar-refractivity contribution in [2.45, 2.75) is 0 Å². The molecule has 0 aliphatic rings. The minimum Gasteiger partial charge on any atom is -0.503 e. The van der Waals surface area contributed by atoms with Crippen LogP contribution < -0.4 is 9.47 Å². The van der Waals surface area contributed by atoms with Crippen LogP contribution in [0.25, 0.3) is 26.6 Å². The Morgan fingerprint density at radius 2 is 1.88 bits per heavy atom. The molecule has 9 heteroatoms. The molecule has 5 rings (SSSR count). The van der Waals surface area contributed by atoms with Crippen molar-refractivity contribution in [1.82, 2.24) is 9.55 Å². The summed E-state index contributed by atoms with van der Waals surface area (Å²) >= 11 is 2.75. The van der Waals surface area contributed by atoms with Crippen molar-refractivity contribution in [3.63, 3.8) is 0 Å². The van der Waals surface area contributed by atoms with E-state index in [1.807, 2.05) is 29.0 Å². The molecule has 33 heavy (non-hydrogen) atoms. The van der Waals surface area contributed by atoms with E-state index in [0.717, 1.165) is 4.70 Å². The molecule has 0 fully saturated rings. The average Bonchev–Trinajstić information content (AvgIpc) is 3.56. The molecule has 0 saturated carbocycles. The zero-order valence-corrected chi connectivity index (χ0v) is 19.2. The molecular weight excluding hydrogens is 460 g/mol. The molecule has 166 valence electrons. The van der Waals surface area contributed by atoms with Crippen LogP contribution in [0.1, 0.15) is 15.9 Å². The Morgan fingerprint density at radius 1 is 1.06 bits per heavy atom. The van der Waals surface area contributed by atoms with Crippen molar-refractivity contribution in [2.24, 2.45) is 0 Å². The van der Waals surface area contributed by atoms with Crippen molar-refractivity contribution in [2.75, 3.05) is 14.2 Å². The summed E-state index contributed by atoms with van der Waals surface area (Å²) in [5, 5.41) is 26.0. The van der Waals surface area contributed by atoms with Gasteiger partial charge in [0.15, 0.2) is 10.9 Å². The predicted molar refractivity (Wildman–Crippen MR) is 129 cm³/mol. The van der Waals surface area contributed by atoms with Gasteiger partial charge in [0.2, 0.25) is 11.7 Å². The quantitative estimate of drug-likeness (QED) is 0.314. The number of hydrogen-bond acceptors (Lipinski definition) is 8. The number of ketones is 1. The van der Waals surface area contributed by atoms with E-state index in [1.54, 1.807) is 37.4 Å². The lowest BCUT2D eigenvalue weighted by Crippen LogP contribution is -2.06. The van der Waals surface area contributed by atoms with Gasteiger partial charge in [-0.1, -0.05) is 23.5 Å². The molecule has 7 nitrogen and oxygen atoms in total. The summed E-state index contributed by atoms with van der Waals surface area (Å²) < 4.78 is 12.9. The Morgan fingerprint density at radius 3 is 2.61 bits per heavy atom. The molecule has 0 radical (unpaired) electrons. The van der Waals surface area contributed by atoms with Crippen LogP contribution in [0.2, 0.25) is 0 Å². The minimum absolute atomic E-state index is 0.0211. The van der Waals surface area contributed by atoms with E-state index in [-0.39, 0.29) is 11.1 Å². The zero-order chi connectivity index (χ0) is 23.1. The predicted octanol–water partition coefficient (Wildman–Crippen LogP) is 5.47. The lowest BCUT2D eigenvalue weighted by molar-refractivity contribution is 0.103. The van der Waals surface area contributed by atoms with E-state index in [2.05, 4.69) is 4.98 Å². The highest BCUT2D eigenvalue weighted by Crippen LogP contribution is 2.46. The second kappa shape index (κ2) is 8.27. The largest absolute Gasteiger partial charge is 0.503 e.